The summed E-state index contributed by atoms with van der Waals surface area (Å²) in [4.78, 5) is 38.1. The molecule has 0 radical (unpaired) electrons. The summed E-state index contributed by atoms with van der Waals surface area (Å²) in [5.74, 6) is -1.76. The monoisotopic (exact) mass is 396 g/mol. The first-order valence-electron chi connectivity index (χ1n) is 8.15. The number of hydrogen-bond acceptors (Lipinski definition) is 7. The topological polar surface area (TPSA) is 94.2 Å². The molecule has 0 saturated heterocycles. The molecule has 0 bridgehead atoms. The fourth-order valence-corrected chi connectivity index (χ4v) is 2.76. The van der Waals surface area contributed by atoms with Gasteiger partial charge in [-0.05, 0) is 32.0 Å². The van der Waals surface area contributed by atoms with Gasteiger partial charge in [-0.3, -0.25) is 4.79 Å². The molecule has 1 aromatic rings. The summed E-state index contributed by atoms with van der Waals surface area (Å²) < 4.78 is 15.0. The highest BCUT2D eigenvalue weighted by Crippen LogP contribution is 2.33. The van der Waals surface area contributed by atoms with Crippen LogP contribution < -0.4 is 10.2 Å². The summed E-state index contributed by atoms with van der Waals surface area (Å²) in [6.07, 6.45) is 0. The lowest BCUT2D eigenvalue weighted by Gasteiger charge is -2.32. The molecule has 2 rings (SSSR count). The molecule has 27 heavy (non-hydrogen) atoms. The number of nitrogens with zero attached hydrogens (tertiary/aromatic N) is 1. The Morgan fingerprint density at radius 2 is 1.85 bits per heavy atom. The Morgan fingerprint density at radius 3 is 2.44 bits per heavy atom. The van der Waals surface area contributed by atoms with E-state index in [9.17, 15) is 14.4 Å². The number of hydrogen-bond donors (Lipinski definition) is 1. The predicted octanol–water partition coefficient (Wildman–Crippen LogP) is 1.87. The molecule has 9 heteroatoms. The molecule has 1 amide bonds. The van der Waals surface area contributed by atoms with Gasteiger partial charge in [-0.15, -0.1) is 0 Å². The molecule has 1 aliphatic rings. The van der Waals surface area contributed by atoms with Crippen molar-refractivity contribution in [2.45, 2.75) is 19.9 Å². The van der Waals surface area contributed by atoms with Crippen LogP contribution in [0.25, 0.3) is 0 Å². The molecule has 0 spiro atoms. The fourth-order valence-electron chi connectivity index (χ4n) is 2.54. The minimum absolute atomic E-state index is 0.00343. The lowest BCUT2D eigenvalue weighted by atomic mass is 10.1. The van der Waals surface area contributed by atoms with Gasteiger partial charge in [-0.1, -0.05) is 11.6 Å². The third kappa shape index (κ3) is 4.58. The van der Waals surface area contributed by atoms with Crippen molar-refractivity contribution >= 4 is 35.1 Å². The van der Waals surface area contributed by atoms with Gasteiger partial charge in [0.1, 0.15) is 12.4 Å². The van der Waals surface area contributed by atoms with Gasteiger partial charge >= 0.3 is 11.9 Å². The molecule has 1 aromatic carbocycles. The van der Waals surface area contributed by atoms with Crippen molar-refractivity contribution in [2.24, 2.45) is 0 Å². The summed E-state index contributed by atoms with van der Waals surface area (Å²) in [5, 5.41) is 3.05. The molecular formula is C18H21ClN2O6. The summed E-state index contributed by atoms with van der Waals surface area (Å²) in [5.41, 5.74) is 0.634. The van der Waals surface area contributed by atoms with E-state index in [2.05, 4.69) is 5.32 Å². The van der Waals surface area contributed by atoms with E-state index in [1.165, 1.54) is 31.3 Å². The Labute approximate surface area is 162 Å². The second-order valence-electron chi connectivity index (χ2n) is 6.01. The van der Waals surface area contributed by atoms with Crippen molar-refractivity contribution in [3.8, 4) is 0 Å². The van der Waals surface area contributed by atoms with Crippen LogP contribution in [0.5, 0.6) is 0 Å². The number of ether oxygens (including phenoxy) is 3. The summed E-state index contributed by atoms with van der Waals surface area (Å²) >= 11 is 6.29. The molecule has 0 fully saturated rings. The molecular weight excluding hydrogens is 376 g/mol. The average Bonchev–Trinajstić information content (AvgIpc) is 2.65. The van der Waals surface area contributed by atoms with Crippen molar-refractivity contribution < 1.29 is 28.6 Å². The first-order valence-corrected chi connectivity index (χ1v) is 8.53. The molecule has 8 nitrogen and oxygen atoms in total. The van der Waals surface area contributed by atoms with E-state index in [1.54, 1.807) is 6.07 Å². The van der Waals surface area contributed by atoms with Crippen LogP contribution in [0, 0.1) is 0 Å². The van der Waals surface area contributed by atoms with Gasteiger partial charge < -0.3 is 24.4 Å². The Balaban J connectivity index is 2.55. The number of benzene rings is 1. The summed E-state index contributed by atoms with van der Waals surface area (Å²) in [6, 6.07) is 4.57. The van der Waals surface area contributed by atoms with Gasteiger partial charge in [-0.2, -0.15) is 0 Å². The van der Waals surface area contributed by atoms with Crippen LogP contribution in [-0.4, -0.2) is 51.4 Å². The zero-order valence-corrected chi connectivity index (χ0v) is 16.3. The number of rotatable bonds is 5. The van der Waals surface area contributed by atoms with Crippen molar-refractivity contribution in [3.05, 3.63) is 40.1 Å². The van der Waals surface area contributed by atoms with Crippen LogP contribution in [-0.2, 0) is 23.8 Å². The maximum atomic E-state index is 12.3. The molecule has 1 heterocycles. The van der Waals surface area contributed by atoms with Gasteiger partial charge in [-0.25, -0.2) is 9.59 Å². The average molecular weight is 397 g/mol. The highest BCUT2D eigenvalue weighted by atomic mass is 35.5. The Kier molecular flexibility index (Phi) is 6.81. The SMILES string of the molecule is COC(=O)C1=C(C(=O)OC)N(c2cc(C(=O)NC(C)C)ccc2Cl)COC1. The van der Waals surface area contributed by atoms with E-state index in [0.717, 1.165) is 0 Å². The predicted molar refractivity (Wildman–Crippen MR) is 98.4 cm³/mol. The lowest BCUT2D eigenvalue weighted by molar-refractivity contribution is -0.140. The van der Waals surface area contributed by atoms with Gasteiger partial charge in [0.05, 0.1) is 37.1 Å². The van der Waals surface area contributed by atoms with Gasteiger partial charge in [0.15, 0.2) is 0 Å². The van der Waals surface area contributed by atoms with Gasteiger partial charge in [0, 0.05) is 11.6 Å². The largest absolute Gasteiger partial charge is 0.466 e. The molecule has 1 aliphatic heterocycles. The first kappa shape index (κ1) is 20.7. The van der Waals surface area contributed by atoms with Crippen LogP contribution in [0.15, 0.2) is 29.5 Å². The van der Waals surface area contributed by atoms with Crippen molar-refractivity contribution in [1.29, 1.82) is 0 Å². The molecule has 0 unspecified atom stereocenters. The molecule has 0 saturated carbocycles. The number of carbonyl (C=O) groups is 3. The van der Waals surface area contributed by atoms with E-state index in [4.69, 9.17) is 25.8 Å². The van der Waals surface area contributed by atoms with Gasteiger partial charge in [0.25, 0.3) is 5.91 Å². The number of carbonyl (C=O) groups excluding carboxylic acids is 3. The smallest absolute Gasteiger partial charge is 0.355 e. The second kappa shape index (κ2) is 8.88. The highest BCUT2D eigenvalue weighted by molar-refractivity contribution is 6.33. The number of methoxy groups -OCH3 is 2. The third-order valence-corrected chi connectivity index (χ3v) is 4.07. The van der Waals surface area contributed by atoms with Crippen molar-refractivity contribution in [3.63, 3.8) is 0 Å². The zero-order chi connectivity index (χ0) is 20.1. The van der Waals surface area contributed by atoms with Crippen molar-refractivity contribution in [2.75, 3.05) is 32.5 Å². The quantitative estimate of drug-likeness (QED) is 0.759. The third-order valence-electron chi connectivity index (χ3n) is 3.75. The normalized spacial score (nSPS) is 14.2. The number of amides is 1. The fraction of sp³-hybridized carbons (Fsp3) is 0.389. The molecule has 0 atom stereocenters. The molecule has 1 N–H and O–H groups in total. The minimum atomic E-state index is -0.744. The van der Waals surface area contributed by atoms with Gasteiger partial charge in [0.2, 0.25) is 0 Å². The van der Waals surface area contributed by atoms with E-state index < -0.39 is 11.9 Å². The Hall–Kier alpha value is -2.58. The molecule has 146 valence electrons. The number of nitrogens with one attached hydrogen (secondary N) is 1. The van der Waals surface area contributed by atoms with Crippen LogP contribution in [0.2, 0.25) is 5.02 Å². The maximum absolute atomic E-state index is 12.3. The van der Waals surface area contributed by atoms with E-state index in [1.807, 2.05) is 13.8 Å². The van der Waals surface area contributed by atoms with E-state index in [0.29, 0.717) is 11.3 Å². The zero-order valence-electron chi connectivity index (χ0n) is 15.5. The minimum Gasteiger partial charge on any atom is -0.466 e. The lowest BCUT2D eigenvalue weighted by Crippen LogP contribution is -2.39. The van der Waals surface area contributed by atoms with Crippen LogP contribution in [0.1, 0.15) is 24.2 Å². The first-order chi connectivity index (χ1) is 12.8. The summed E-state index contributed by atoms with van der Waals surface area (Å²) in [7, 11) is 2.40. The Morgan fingerprint density at radius 1 is 1.19 bits per heavy atom. The Bertz CT molecular complexity index is 790. The maximum Gasteiger partial charge on any atom is 0.355 e. The van der Waals surface area contributed by atoms with Crippen LogP contribution >= 0.6 is 11.6 Å². The van der Waals surface area contributed by atoms with E-state index >= 15 is 0 Å². The number of anilines is 1. The van der Waals surface area contributed by atoms with Crippen molar-refractivity contribution in [1.82, 2.24) is 5.32 Å². The van der Waals surface area contributed by atoms with Crippen LogP contribution in [0.3, 0.4) is 0 Å². The summed E-state index contributed by atoms with van der Waals surface area (Å²) in [6.45, 7) is 3.51. The molecule has 0 aromatic heterocycles. The van der Waals surface area contributed by atoms with Crippen LogP contribution in [0.4, 0.5) is 5.69 Å². The molecule has 0 aliphatic carbocycles. The number of halogens is 1. The second-order valence-corrected chi connectivity index (χ2v) is 6.42. The number of esters is 2. The van der Waals surface area contributed by atoms with E-state index in [-0.39, 0.29) is 41.6 Å². The standard InChI is InChI=1S/C18H21ClN2O6/c1-10(2)20-16(22)11-5-6-13(19)14(7-11)21-9-27-8-12(17(23)25-3)15(21)18(24)26-4/h5-7,10H,8-9H2,1-4H3,(H,20,22). The highest BCUT2D eigenvalue weighted by Gasteiger charge is 2.33.